The first kappa shape index (κ1) is 24.2. The highest BCUT2D eigenvalue weighted by molar-refractivity contribution is 7.89. The molecule has 2 saturated heterocycles. The summed E-state index contributed by atoms with van der Waals surface area (Å²) < 4.78 is 33.8. The minimum atomic E-state index is -3.79. The van der Waals surface area contributed by atoms with E-state index in [0.717, 1.165) is 5.56 Å². The zero-order chi connectivity index (χ0) is 24.1. The number of hydrogen-bond acceptors (Lipinski definition) is 5. The highest BCUT2D eigenvalue weighted by Gasteiger charge is 2.41. The maximum atomic E-state index is 13.6. The summed E-state index contributed by atoms with van der Waals surface area (Å²) in [6.45, 7) is 3.87. The molecule has 2 amide bonds. The molecule has 0 unspecified atom stereocenters. The second-order valence-electron chi connectivity index (χ2n) is 8.60. The number of amides is 2. The smallest absolute Gasteiger partial charge is 0.409 e. The van der Waals surface area contributed by atoms with Crippen molar-refractivity contribution in [2.24, 2.45) is 5.92 Å². The molecule has 0 radical (unpaired) electrons. The number of hydrogen-bond donors (Lipinski definition) is 0. The van der Waals surface area contributed by atoms with Crippen molar-refractivity contribution >= 4 is 22.0 Å². The Hall–Kier alpha value is -2.91. The third-order valence-electron chi connectivity index (χ3n) is 6.54. The summed E-state index contributed by atoms with van der Waals surface area (Å²) in [6, 6.07) is 17.7. The molecule has 0 N–H and O–H groups in total. The Labute approximate surface area is 201 Å². The van der Waals surface area contributed by atoms with Crippen LogP contribution in [-0.4, -0.2) is 73.9 Å². The molecular weight excluding hydrogens is 454 g/mol. The zero-order valence-corrected chi connectivity index (χ0v) is 20.2. The predicted octanol–water partition coefficient (Wildman–Crippen LogP) is 3.13. The van der Waals surface area contributed by atoms with Crippen molar-refractivity contribution in [1.82, 2.24) is 14.1 Å². The number of piperidine rings is 1. The molecule has 2 fully saturated rings. The average Bonchev–Trinajstić information content (AvgIpc) is 2.89. The van der Waals surface area contributed by atoms with Gasteiger partial charge in [0.15, 0.2) is 0 Å². The van der Waals surface area contributed by atoms with Crippen molar-refractivity contribution in [2.45, 2.75) is 30.7 Å². The minimum Gasteiger partial charge on any atom is -0.450 e. The number of piperazine rings is 1. The fourth-order valence-corrected chi connectivity index (χ4v) is 6.43. The van der Waals surface area contributed by atoms with Gasteiger partial charge in [-0.05, 0) is 37.5 Å². The van der Waals surface area contributed by atoms with Crippen molar-refractivity contribution in [3.05, 3.63) is 66.2 Å². The van der Waals surface area contributed by atoms with Gasteiger partial charge in [0.1, 0.15) is 0 Å². The summed E-state index contributed by atoms with van der Waals surface area (Å²) in [5.41, 5.74) is 0.927. The summed E-state index contributed by atoms with van der Waals surface area (Å²) >= 11 is 0. The van der Waals surface area contributed by atoms with Crippen LogP contribution in [0.5, 0.6) is 0 Å². The Kier molecular flexibility index (Phi) is 7.53. The molecule has 2 aliphatic rings. The maximum absolute atomic E-state index is 13.6. The van der Waals surface area contributed by atoms with Gasteiger partial charge in [-0.25, -0.2) is 13.2 Å². The number of rotatable bonds is 5. The number of ether oxygens (including phenoxy) is 1. The van der Waals surface area contributed by atoms with Crippen LogP contribution in [0.3, 0.4) is 0 Å². The largest absolute Gasteiger partial charge is 0.450 e. The lowest BCUT2D eigenvalue weighted by Gasteiger charge is -2.41. The summed E-state index contributed by atoms with van der Waals surface area (Å²) in [7, 11) is -3.79. The maximum Gasteiger partial charge on any atom is 0.409 e. The van der Waals surface area contributed by atoms with Crippen LogP contribution >= 0.6 is 0 Å². The number of benzene rings is 2. The van der Waals surface area contributed by atoms with Crippen LogP contribution in [0.25, 0.3) is 0 Å². The molecule has 2 aromatic rings. The van der Waals surface area contributed by atoms with Gasteiger partial charge in [-0.2, -0.15) is 4.31 Å². The monoisotopic (exact) mass is 485 g/mol. The van der Waals surface area contributed by atoms with E-state index in [9.17, 15) is 18.0 Å². The van der Waals surface area contributed by atoms with Crippen LogP contribution in [0.2, 0.25) is 0 Å². The summed E-state index contributed by atoms with van der Waals surface area (Å²) in [5, 5.41) is 0. The molecule has 9 heteroatoms. The molecule has 34 heavy (non-hydrogen) atoms. The molecule has 2 heterocycles. The average molecular weight is 486 g/mol. The zero-order valence-electron chi connectivity index (χ0n) is 19.4. The van der Waals surface area contributed by atoms with Gasteiger partial charge in [0.2, 0.25) is 15.9 Å². The molecule has 0 aliphatic carbocycles. The van der Waals surface area contributed by atoms with E-state index in [1.807, 2.05) is 30.3 Å². The number of sulfonamides is 1. The predicted molar refractivity (Wildman–Crippen MR) is 127 cm³/mol. The quantitative estimate of drug-likeness (QED) is 0.649. The second-order valence-corrected chi connectivity index (χ2v) is 10.5. The van der Waals surface area contributed by atoms with E-state index in [1.54, 1.807) is 47.1 Å². The fourth-order valence-electron chi connectivity index (χ4n) is 4.72. The van der Waals surface area contributed by atoms with Crippen molar-refractivity contribution in [3.63, 3.8) is 0 Å². The van der Waals surface area contributed by atoms with Crippen LogP contribution in [0.4, 0.5) is 4.79 Å². The normalized spacial score (nSPS) is 21.8. The van der Waals surface area contributed by atoms with Crippen LogP contribution in [0.15, 0.2) is 65.6 Å². The Morgan fingerprint density at radius 3 is 2.09 bits per heavy atom. The van der Waals surface area contributed by atoms with E-state index < -0.39 is 15.9 Å². The summed E-state index contributed by atoms with van der Waals surface area (Å²) in [4.78, 5) is 28.9. The van der Waals surface area contributed by atoms with Gasteiger partial charge in [-0.1, -0.05) is 48.5 Å². The van der Waals surface area contributed by atoms with Crippen LogP contribution in [0.1, 0.15) is 31.4 Å². The molecule has 2 atom stereocenters. The van der Waals surface area contributed by atoms with Gasteiger partial charge < -0.3 is 14.5 Å². The van der Waals surface area contributed by atoms with Crippen LogP contribution in [0, 0.1) is 5.92 Å². The third-order valence-corrected chi connectivity index (χ3v) is 8.43. The summed E-state index contributed by atoms with van der Waals surface area (Å²) in [5.74, 6) is -0.476. The molecular formula is C25H31N3O5S. The Morgan fingerprint density at radius 1 is 0.882 bits per heavy atom. The van der Waals surface area contributed by atoms with E-state index in [2.05, 4.69) is 0 Å². The van der Waals surface area contributed by atoms with E-state index in [4.69, 9.17) is 4.74 Å². The second kappa shape index (κ2) is 10.6. The van der Waals surface area contributed by atoms with Crippen molar-refractivity contribution in [1.29, 1.82) is 0 Å². The van der Waals surface area contributed by atoms with Crippen LogP contribution in [-0.2, 0) is 19.6 Å². The first-order chi connectivity index (χ1) is 16.4. The van der Waals surface area contributed by atoms with Crippen molar-refractivity contribution < 1.29 is 22.7 Å². The Bertz CT molecular complexity index is 1090. The topological polar surface area (TPSA) is 87.2 Å². The Morgan fingerprint density at radius 2 is 1.47 bits per heavy atom. The van der Waals surface area contributed by atoms with Crippen molar-refractivity contribution in [2.75, 3.05) is 39.3 Å². The standard InChI is InChI=1S/C25H31N3O5S/c1-2-33-25(30)27-17-15-26(16-18-27)24(29)21-13-14-23(20-9-5-3-6-10-20)28(19-21)34(31,32)22-11-7-4-8-12-22/h3-12,21,23H,2,13-19H2,1H3/t21-,23-/m1/s1. The molecule has 2 aromatic carbocycles. The highest BCUT2D eigenvalue weighted by Crippen LogP contribution is 2.38. The highest BCUT2D eigenvalue weighted by atomic mass is 32.2. The lowest BCUT2D eigenvalue weighted by atomic mass is 9.90. The fraction of sp³-hybridized carbons (Fsp3) is 0.440. The van der Waals surface area contributed by atoms with Gasteiger partial charge in [0.05, 0.1) is 23.5 Å². The molecule has 4 rings (SSSR count). The van der Waals surface area contributed by atoms with Gasteiger partial charge >= 0.3 is 6.09 Å². The molecule has 0 bridgehead atoms. The molecule has 2 aliphatic heterocycles. The lowest BCUT2D eigenvalue weighted by molar-refractivity contribution is -0.138. The van der Waals surface area contributed by atoms with E-state index in [-0.39, 0.29) is 29.5 Å². The van der Waals surface area contributed by atoms with Crippen LogP contribution < -0.4 is 0 Å². The number of carbonyl (C=O) groups excluding carboxylic acids is 2. The molecule has 8 nitrogen and oxygen atoms in total. The van der Waals surface area contributed by atoms with Crippen molar-refractivity contribution in [3.8, 4) is 0 Å². The van der Waals surface area contributed by atoms with Gasteiger partial charge in [0.25, 0.3) is 0 Å². The first-order valence-corrected chi connectivity index (χ1v) is 13.2. The SMILES string of the molecule is CCOC(=O)N1CCN(C(=O)[C@@H]2CC[C@H](c3ccccc3)N(S(=O)(=O)c3ccccc3)C2)CC1. The van der Waals surface area contributed by atoms with Gasteiger partial charge in [0, 0.05) is 32.7 Å². The lowest BCUT2D eigenvalue weighted by Crippen LogP contribution is -2.54. The minimum absolute atomic E-state index is 0.0525. The van der Waals surface area contributed by atoms with Gasteiger partial charge in [-0.3, -0.25) is 4.79 Å². The third kappa shape index (κ3) is 5.10. The van der Waals surface area contributed by atoms with E-state index >= 15 is 0 Å². The van der Waals surface area contributed by atoms with E-state index in [0.29, 0.717) is 45.6 Å². The number of carbonyl (C=O) groups is 2. The molecule has 0 aromatic heterocycles. The van der Waals surface area contributed by atoms with E-state index in [1.165, 1.54) is 4.31 Å². The van der Waals surface area contributed by atoms with Gasteiger partial charge in [-0.15, -0.1) is 0 Å². The number of nitrogens with zero attached hydrogens (tertiary/aromatic N) is 3. The first-order valence-electron chi connectivity index (χ1n) is 11.7. The molecule has 0 saturated carbocycles. The summed E-state index contributed by atoms with van der Waals surface area (Å²) in [6.07, 6.45) is 0.810. The molecule has 182 valence electrons. The molecule has 0 spiro atoms. The Balaban J connectivity index is 1.52.